The molecule has 0 fully saturated rings. The number of amidine groups is 1. The summed E-state index contributed by atoms with van der Waals surface area (Å²) in [5, 5.41) is 0. The molecule has 4 rings (SSSR count). The van der Waals surface area contributed by atoms with Crippen LogP contribution in [0.3, 0.4) is 0 Å². The third kappa shape index (κ3) is 1.74. The molecule has 0 spiro atoms. The van der Waals surface area contributed by atoms with E-state index in [4.69, 9.17) is 0 Å². The quantitative estimate of drug-likeness (QED) is 0.735. The number of nitrogens with one attached hydrogen (secondary N) is 1. The zero-order valence-electron chi connectivity index (χ0n) is 11.5. The Labute approximate surface area is 120 Å². The molecule has 3 aromatic heterocycles. The van der Waals surface area contributed by atoms with E-state index in [-0.39, 0.29) is 0 Å². The van der Waals surface area contributed by atoms with Gasteiger partial charge in [0.2, 0.25) is 0 Å². The lowest BCUT2D eigenvalue weighted by molar-refractivity contribution is 1.16. The molecular formula is C14H11N7. The van der Waals surface area contributed by atoms with Crippen LogP contribution in [0, 0.1) is 6.92 Å². The third-order valence-corrected chi connectivity index (χ3v) is 3.33. The molecule has 1 N–H and O–H groups in total. The maximum atomic E-state index is 4.57. The highest BCUT2D eigenvalue weighted by Crippen LogP contribution is 2.26. The van der Waals surface area contributed by atoms with E-state index < -0.39 is 0 Å². The molecular weight excluding hydrogens is 266 g/mol. The van der Waals surface area contributed by atoms with Gasteiger partial charge < -0.3 is 4.98 Å². The topological polar surface area (TPSA) is 92.1 Å². The van der Waals surface area contributed by atoms with Gasteiger partial charge in [-0.15, -0.1) is 0 Å². The molecule has 0 unspecified atom stereocenters. The molecule has 0 aromatic carbocycles. The SMILES string of the molecule is CC1=N/C(=N\c2[nH]c(C)c3nccnc23)c2nccnc21. The lowest BCUT2D eigenvalue weighted by Gasteiger charge is -1.96. The number of aromatic nitrogens is 5. The summed E-state index contributed by atoms with van der Waals surface area (Å²) >= 11 is 0. The van der Waals surface area contributed by atoms with Crippen molar-refractivity contribution in [2.24, 2.45) is 9.98 Å². The Kier molecular flexibility index (Phi) is 2.41. The molecule has 0 saturated heterocycles. The second kappa shape index (κ2) is 4.27. The van der Waals surface area contributed by atoms with E-state index in [1.54, 1.807) is 24.8 Å². The first-order valence-corrected chi connectivity index (χ1v) is 6.49. The number of fused-ring (bicyclic) bond motifs is 2. The zero-order chi connectivity index (χ0) is 14.4. The standard InChI is InChI=1S/C14H11N7/c1-7-9-11(17-5-3-15-9)13(19-7)21-14-12-10(8(2)20-14)16-4-6-18-12/h3-6,19H,1-2H3/b21-14-. The van der Waals surface area contributed by atoms with E-state index in [2.05, 4.69) is 34.9 Å². The summed E-state index contributed by atoms with van der Waals surface area (Å²) in [5.74, 6) is 1.19. The molecule has 0 atom stereocenters. The summed E-state index contributed by atoms with van der Waals surface area (Å²) < 4.78 is 0. The van der Waals surface area contributed by atoms with E-state index in [0.29, 0.717) is 17.3 Å². The fraction of sp³-hybridized carbons (Fsp3) is 0.143. The van der Waals surface area contributed by atoms with Crippen molar-refractivity contribution in [2.75, 3.05) is 0 Å². The molecule has 7 heteroatoms. The van der Waals surface area contributed by atoms with Crippen LogP contribution in [0.25, 0.3) is 11.0 Å². The minimum absolute atomic E-state index is 0.546. The Morgan fingerprint density at radius 2 is 1.52 bits per heavy atom. The summed E-state index contributed by atoms with van der Waals surface area (Å²) in [6.07, 6.45) is 6.61. The van der Waals surface area contributed by atoms with Crippen molar-refractivity contribution in [3.63, 3.8) is 0 Å². The number of nitrogens with zero attached hydrogens (tertiary/aromatic N) is 6. The number of H-pyrrole nitrogens is 1. The van der Waals surface area contributed by atoms with Gasteiger partial charge in [0.15, 0.2) is 11.7 Å². The number of aliphatic imine (C=N–C) groups is 2. The predicted molar refractivity (Wildman–Crippen MR) is 79.1 cm³/mol. The molecule has 1 aliphatic rings. The zero-order valence-corrected chi connectivity index (χ0v) is 11.5. The second-order valence-electron chi connectivity index (χ2n) is 4.74. The van der Waals surface area contributed by atoms with Crippen LogP contribution in [0.5, 0.6) is 0 Å². The van der Waals surface area contributed by atoms with Gasteiger partial charge in [0.05, 0.1) is 5.71 Å². The highest BCUT2D eigenvalue weighted by atomic mass is 15.1. The summed E-state index contributed by atoms with van der Waals surface area (Å²) in [5.41, 5.74) is 4.75. The van der Waals surface area contributed by atoms with Crippen LogP contribution in [-0.4, -0.2) is 36.5 Å². The van der Waals surface area contributed by atoms with Crippen LogP contribution in [0.15, 0.2) is 34.8 Å². The summed E-state index contributed by atoms with van der Waals surface area (Å²) in [6, 6.07) is 0. The molecule has 21 heavy (non-hydrogen) atoms. The van der Waals surface area contributed by atoms with Crippen molar-refractivity contribution in [1.29, 1.82) is 0 Å². The summed E-state index contributed by atoms with van der Waals surface area (Å²) in [6.45, 7) is 3.84. The van der Waals surface area contributed by atoms with Crippen LogP contribution >= 0.6 is 0 Å². The van der Waals surface area contributed by atoms with E-state index in [1.807, 2.05) is 13.8 Å². The van der Waals surface area contributed by atoms with Gasteiger partial charge in [-0.2, -0.15) is 0 Å². The molecule has 0 aliphatic carbocycles. The van der Waals surface area contributed by atoms with Crippen molar-refractivity contribution in [3.8, 4) is 0 Å². The molecule has 0 radical (unpaired) electrons. The highest BCUT2D eigenvalue weighted by Gasteiger charge is 2.22. The Morgan fingerprint density at radius 1 is 0.857 bits per heavy atom. The Bertz CT molecular complexity index is 920. The van der Waals surface area contributed by atoms with Crippen LogP contribution < -0.4 is 0 Å². The molecule has 0 amide bonds. The van der Waals surface area contributed by atoms with Gasteiger partial charge in [0.1, 0.15) is 22.4 Å². The monoisotopic (exact) mass is 277 g/mol. The summed E-state index contributed by atoms with van der Waals surface area (Å²) in [7, 11) is 0. The van der Waals surface area contributed by atoms with E-state index in [9.17, 15) is 0 Å². The molecule has 102 valence electrons. The Morgan fingerprint density at radius 3 is 2.33 bits per heavy atom. The van der Waals surface area contributed by atoms with Crippen LogP contribution in [0.2, 0.25) is 0 Å². The van der Waals surface area contributed by atoms with Gasteiger partial charge in [-0.25, -0.2) is 20.0 Å². The van der Waals surface area contributed by atoms with Crippen molar-refractivity contribution in [1.82, 2.24) is 24.9 Å². The first-order chi connectivity index (χ1) is 10.2. The average molecular weight is 277 g/mol. The van der Waals surface area contributed by atoms with Gasteiger partial charge in [-0.1, -0.05) is 0 Å². The van der Waals surface area contributed by atoms with Crippen LogP contribution in [-0.2, 0) is 0 Å². The van der Waals surface area contributed by atoms with Gasteiger partial charge in [-0.3, -0.25) is 9.97 Å². The normalized spacial score (nSPS) is 15.5. The Hall–Kier alpha value is -2.96. The maximum absolute atomic E-state index is 4.57. The van der Waals surface area contributed by atoms with Crippen molar-refractivity contribution in [2.45, 2.75) is 13.8 Å². The minimum atomic E-state index is 0.546. The van der Waals surface area contributed by atoms with Gasteiger partial charge >= 0.3 is 0 Å². The maximum Gasteiger partial charge on any atom is 0.182 e. The van der Waals surface area contributed by atoms with E-state index >= 15 is 0 Å². The predicted octanol–water partition coefficient (Wildman–Crippen LogP) is 1.96. The van der Waals surface area contributed by atoms with Crippen molar-refractivity contribution in [3.05, 3.63) is 41.9 Å². The fourth-order valence-electron chi connectivity index (χ4n) is 2.38. The van der Waals surface area contributed by atoms with Gasteiger partial charge in [0.25, 0.3) is 0 Å². The molecule has 3 aromatic rings. The second-order valence-corrected chi connectivity index (χ2v) is 4.74. The fourth-order valence-corrected chi connectivity index (χ4v) is 2.38. The lowest BCUT2D eigenvalue weighted by Crippen LogP contribution is -2.01. The molecule has 7 nitrogen and oxygen atoms in total. The number of hydrogen-bond donors (Lipinski definition) is 1. The average Bonchev–Trinajstić information content (AvgIpc) is 3.00. The number of aryl methyl sites for hydroxylation is 1. The van der Waals surface area contributed by atoms with Gasteiger partial charge in [-0.05, 0) is 13.8 Å². The van der Waals surface area contributed by atoms with E-state index in [1.165, 1.54) is 0 Å². The number of rotatable bonds is 1. The minimum Gasteiger partial charge on any atom is -0.340 e. The van der Waals surface area contributed by atoms with Crippen molar-refractivity contribution >= 4 is 28.4 Å². The van der Waals surface area contributed by atoms with Gasteiger partial charge in [0, 0.05) is 30.5 Å². The third-order valence-electron chi connectivity index (χ3n) is 3.33. The van der Waals surface area contributed by atoms with Crippen molar-refractivity contribution < 1.29 is 0 Å². The number of aromatic amines is 1. The molecule has 4 heterocycles. The largest absolute Gasteiger partial charge is 0.340 e. The van der Waals surface area contributed by atoms with Crippen LogP contribution in [0.4, 0.5) is 5.82 Å². The highest BCUT2D eigenvalue weighted by molar-refractivity contribution is 6.21. The smallest absolute Gasteiger partial charge is 0.182 e. The number of hydrogen-bond acceptors (Lipinski definition) is 5. The Balaban J connectivity index is 1.93. The van der Waals surface area contributed by atoms with Crippen LogP contribution in [0.1, 0.15) is 24.0 Å². The van der Waals surface area contributed by atoms with E-state index in [0.717, 1.165) is 28.1 Å². The first-order valence-electron chi connectivity index (χ1n) is 6.49. The molecule has 0 saturated carbocycles. The molecule has 1 aliphatic heterocycles. The first kappa shape index (κ1) is 11.8. The lowest BCUT2D eigenvalue weighted by atomic mass is 10.2. The summed E-state index contributed by atoms with van der Waals surface area (Å²) in [4.78, 5) is 29.4. The molecule has 0 bridgehead atoms.